The van der Waals surface area contributed by atoms with Gasteiger partial charge in [0.2, 0.25) is 0 Å². The smallest absolute Gasteiger partial charge is 0.251 e. The highest BCUT2D eigenvalue weighted by Gasteiger charge is 2.06. The number of rotatable bonds is 3. The molecular weight excluding hydrogens is 178 g/mol. The van der Waals surface area contributed by atoms with E-state index in [0.717, 1.165) is 12.2 Å². The number of H-pyrrole nitrogens is 1. The maximum absolute atomic E-state index is 11.3. The fraction of sp³-hybridized carbons (Fsp3) is 0.400. The Labute approximate surface area is 82.9 Å². The van der Waals surface area contributed by atoms with E-state index in [1.165, 1.54) is 0 Å². The molecular formula is C10H15N3O. The van der Waals surface area contributed by atoms with Gasteiger partial charge in [-0.3, -0.25) is 4.79 Å². The van der Waals surface area contributed by atoms with Gasteiger partial charge in [-0.2, -0.15) is 0 Å². The van der Waals surface area contributed by atoms with Crippen LogP contribution in [0.4, 0.5) is 5.69 Å². The normalized spacial score (nSPS) is 9.93. The second kappa shape index (κ2) is 4.09. The minimum Gasteiger partial charge on any atom is -0.384 e. The molecule has 0 amide bonds. The summed E-state index contributed by atoms with van der Waals surface area (Å²) in [4.78, 5) is 14.0. The van der Waals surface area contributed by atoms with E-state index in [9.17, 15) is 4.79 Å². The van der Waals surface area contributed by atoms with Crippen LogP contribution >= 0.6 is 0 Å². The molecule has 0 aliphatic rings. The summed E-state index contributed by atoms with van der Waals surface area (Å²) < 4.78 is 0. The third-order valence-corrected chi connectivity index (χ3v) is 1.97. The molecule has 0 fully saturated rings. The van der Waals surface area contributed by atoms with Gasteiger partial charge in [0.15, 0.2) is 0 Å². The zero-order chi connectivity index (χ0) is 10.7. The van der Waals surface area contributed by atoms with Crippen molar-refractivity contribution in [3.05, 3.63) is 27.7 Å². The molecule has 0 atom stereocenters. The van der Waals surface area contributed by atoms with E-state index in [1.54, 1.807) is 19.9 Å². The number of aromatic nitrogens is 1. The Bertz CT molecular complexity index is 406. The van der Waals surface area contributed by atoms with E-state index >= 15 is 0 Å². The topological polar surface area (TPSA) is 68.7 Å². The molecule has 0 bridgehead atoms. The minimum absolute atomic E-state index is 0.131. The standard InChI is InChI=1S/C10H15N3O/c1-4-12-8-5-6(2)10(14)13-9(8)7(3)11/h5,11-12H,4H2,1-3H3,(H,13,14). The van der Waals surface area contributed by atoms with Crippen LogP contribution in [0.5, 0.6) is 0 Å². The van der Waals surface area contributed by atoms with E-state index < -0.39 is 0 Å². The highest BCUT2D eigenvalue weighted by molar-refractivity contribution is 5.99. The molecule has 14 heavy (non-hydrogen) atoms. The van der Waals surface area contributed by atoms with Crippen LogP contribution in [0.2, 0.25) is 0 Å². The van der Waals surface area contributed by atoms with E-state index in [-0.39, 0.29) is 5.56 Å². The molecule has 4 nitrogen and oxygen atoms in total. The van der Waals surface area contributed by atoms with Crippen LogP contribution in [-0.2, 0) is 0 Å². The minimum atomic E-state index is -0.131. The first kappa shape index (κ1) is 10.5. The van der Waals surface area contributed by atoms with Crippen molar-refractivity contribution in [3.63, 3.8) is 0 Å². The van der Waals surface area contributed by atoms with Gasteiger partial charge in [-0.05, 0) is 26.8 Å². The van der Waals surface area contributed by atoms with Crippen LogP contribution in [-0.4, -0.2) is 17.2 Å². The van der Waals surface area contributed by atoms with E-state index in [4.69, 9.17) is 5.41 Å². The molecule has 0 unspecified atom stereocenters. The van der Waals surface area contributed by atoms with Crippen LogP contribution in [0.3, 0.4) is 0 Å². The van der Waals surface area contributed by atoms with Crippen LogP contribution in [0.25, 0.3) is 0 Å². The van der Waals surface area contributed by atoms with E-state index in [0.29, 0.717) is 17.0 Å². The molecule has 4 heteroatoms. The van der Waals surface area contributed by atoms with Crippen LogP contribution < -0.4 is 10.9 Å². The van der Waals surface area contributed by atoms with Gasteiger partial charge in [0.1, 0.15) is 0 Å². The third kappa shape index (κ3) is 2.02. The monoisotopic (exact) mass is 193 g/mol. The highest BCUT2D eigenvalue weighted by atomic mass is 16.1. The van der Waals surface area contributed by atoms with Crippen molar-refractivity contribution < 1.29 is 0 Å². The van der Waals surface area contributed by atoms with Crippen molar-refractivity contribution in [2.75, 3.05) is 11.9 Å². The lowest BCUT2D eigenvalue weighted by Gasteiger charge is -2.09. The average Bonchev–Trinajstić information content (AvgIpc) is 2.11. The molecule has 0 aliphatic carbocycles. The Kier molecular flexibility index (Phi) is 3.06. The lowest BCUT2D eigenvalue weighted by Crippen LogP contribution is -2.17. The van der Waals surface area contributed by atoms with Crippen molar-refractivity contribution in [1.82, 2.24) is 4.98 Å². The molecule has 3 N–H and O–H groups in total. The van der Waals surface area contributed by atoms with Crippen molar-refractivity contribution in [3.8, 4) is 0 Å². The highest BCUT2D eigenvalue weighted by Crippen LogP contribution is 2.12. The molecule has 0 saturated heterocycles. The third-order valence-electron chi connectivity index (χ3n) is 1.97. The molecule has 76 valence electrons. The molecule has 1 aromatic rings. The second-order valence-corrected chi connectivity index (χ2v) is 3.23. The molecule has 0 spiro atoms. The van der Waals surface area contributed by atoms with Crippen LogP contribution in [0, 0.1) is 12.3 Å². The van der Waals surface area contributed by atoms with Gasteiger partial charge < -0.3 is 15.7 Å². The van der Waals surface area contributed by atoms with Gasteiger partial charge in [-0.25, -0.2) is 0 Å². The van der Waals surface area contributed by atoms with Gasteiger partial charge >= 0.3 is 0 Å². The lowest BCUT2D eigenvalue weighted by atomic mass is 10.2. The Balaban J connectivity index is 3.31. The Hall–Kier alpha value is -1.58. The molecule has 0 aromatic carbocycles. The number of hydrogen-bond donors (Lipinski definition) is 3. The zero-order valence-electron chi connectivity index (χ0n) is 8.69. The Morgan fingerprint density at radius 3 is 2.79 bits per heavy atom. The van der Waals surface area contributed by atoms with E-state index in [2.05, 4.69) is 10.3 Å². The summed E-state index contributed by atoms with van der Waals surface area (Å²) in [5.74, 6) is 0. The molecule has 1 heterocycles. The predicted molar refractivity (Wildman–Crippen MR) is 58.5 cm³/mol. The first-order valence-electron chi connectivity index (χ1n) is 4.59. The summed E-state index contributed by atoms with van der Waals surface area (Å²) in [6.45, 7) is 6.15. The fourth-order valence-electron chi connectivity index (χ4n) is 1.26. The summed E-state index contributed by atoms with van der Waals surface area (Å²) in [5.41, 5.74) is 2.27. The Morgan fingerprint density at radius 1 is 1.64 bits per heavy atom. The summed E-state index contributed by atoms with van der Waals surface area (Å²) in [6.07, 6.45) is 0. The molecule has 0 saturated carbocycles. The summed E-state index contributed by atoms with van der Waals surface area (Å²) in [5, 5.41) is 10.6. The number of pyridine rings is 1. The van der Waals surface area contributed by atoms with Crippen LogP contribution in [0.15, 0.2) is 10.9 Å². The molecule has 1 aromatic heterocycles. The summed E-state index contributed by atoms with van der Waals surface area (Å²) in [6, 6.07) is 1.77. The lowest BCUT2D eigenvalue weighted by molar-refractivity contribution is 1.12. The van der Waals surface area contributed by atoms with Crippen molar-refractivity contribution in [2.24, 2.45) is 0 Å². The number of nitrogens with one attached hydrogen (secondary N) is 3. The van der Waals surface area contributed by atoms with Gasteiger partial charge in [-0.15, -0.1) is 0 Å². The fourth-order valence-corrected chi connectivity index (χ4v) is 1.26. The Morgan fingerprint density at radius 2 is 2.29 bits per heavy atom. The largest absolute Gasteiger partial charge is 0.384 e. The van der Waals surface area contributed by atoms with Crippen LogP contribution in [0.1, 0.15) is 25.1 Å². The maximum Gasteiger partial charge on any atom is 0.251 e. The zero-order valence-corrected chi connectivity index (χ0v) is 8.69. The SMILES string of the molecule is CCNc1cc(C)c(=O)[nH]c1C(C)=N. The maximum atomic E-state index is 11.3. The summed E-state index contributed by atoms with van der Waals surface area (Å²) >= 11 is 0. The predicted octanol–water partition coefficient (Wildman–Crippen LogP) is 1.50. The number of anilines is 1. The molecule has 1 rings (SSSR count). The average molecular weight is 193 g/mol. The molecule has 0 aliphatic heterocycles. The first-order chi connectivity index (χ1) is 6.56. The first-order valence-corrected chi connectivity index (χ1v) is 4.59. The number of hydrogen-bond acceptors (Lipinski definition) is 3. The van der Waals surface area contributed by atoms with Gasteiger partial charge in [-0.1, -0.05) is 0 Å². The van der Waals surface area contributed by atoms with Gasteiger partial charge in [0, 0.05) is 12.1 Å². The quantitative estimate of drug-likeness (QED) is 0.637. The van der Waals surface area contributed by atoms with Crippen molar-refractivity contribution >= 4 is 11.4 Å². The van der Waals surface area contributed by atoms with Gasteiger partial charge in [0.05, 0.1) is 17.1 Å². The second-order valence-electron chi connectivity index (χ2n) is 3.23. The number of aromatic amines is 1. The van der Waals surface area contributed by atoms with Crippen molar-refractivity contribution in [2.45, 2.75) is 20.8 Å². The molecule has 0 radical (unpaired) electrons. The van der Waals surface area contributed by atoms with Gasteiger partial charge in [0.25, 0.3) is 5.56 Å². The summed E-state index contributed by atoms with van der Waals surface area (Å²) in [7, 11) is 0. The van der Waals surface area contributed by atoms with Crippen molar-refractivity contribution in [1.29, 1.82) is 5.41 Å². The van der Waals surface area contributed by atoms with E-state index in [1.807, 2.05) is 6.92 Å². The number of aryl methyl sites for hydroxylation is 1.